The highest BCUT2D eigenvalue weighted by atomic mass is 16.5. The monoisotopic (exact) mass is 359 g/mol. The van der Waals surface area contributed by atoms with Crippen molar-refractivity contribution in [2.75, 3.05) is 7.11 Å². The van der Waals surface area contributed by atoms with Crippen LogP contribution in [0.3, 0.4) is 0 Å². The third-order valence-electron chi connectivity index (χ3n) is 4.46. The lowest BCUT2D eigenvalue weighted by molar-refractivity contribution is -0.118. The molecule has 142 valence electrons. The van der Waals surface area contributed by atoms with Crippen LogP contribution in [0.1, 0.15) is 58.8 Å². The van der Waals surface area contributed by atoms with Crippen LogP contribution in [0.4, 0.5) is 5.69 Å². The number of ether oxygens (including phenoxy) is 1. The summed E-state index contributed by atoms with van der Waals surface area (Å²) in [5.74, 6) is 0.469. The third-order valence-corrected chi connectivity index (χ3v) is 4.46. The van der Waals surface area contributed by atoms with Gasteiger partial charge in [-0.2, -0.15) is 0 Å². The van der Waals surface area contributed by atoms with E-state index in [0.717, 1.165) is 49.4 Å². The van der Waals surface area contributed by atoms with E-state index in [9.17, 15) is 9.90 Å². The summed E-state index contributed by atoms with van der Waals surface area (Å²) in [4.78, 5) is 11.9. The number of fused-ring (bicyclic) bond motifs is 1. The van der Waals surface area contributed by atoms with E-state index in [1.54, 1.807) is 7.11 Å². The summed E-state index contributed by atoms with van der Waals surface area (Å²) in [5, 5.41) is 19.3. The Labute approximate surface area is 154 Å². The molecule has 0 aliphatic carbocycles. The molecule has 1 N–H and O–H groups in total. The summed E-state index contributed by atoms with van der Waals surface area (Å²) in [7, 11) is 1.59. The molecule has 0 saturated carbocycles. The Hall–Kier alpha value is -2.37. The summed E-state index contributed by atoms with van der Waals surface area (Å²) < 4.78 is 7.12. The molecule has 1 aromatic carbocycles. The number of nitrogens with zero attached hydrogens (tertiary/aromatic N) is 3. The molecule has 26 heavy (non-hydrogen) atoms. The minimum Gasteiger partial charge on any atom is -0.497 e. The maximum Gasteiger partial charge on any atom is 0.264 e. The predicted molar refractivity (Wildman–Crippen MR) is 103 cm³/mol. The van der Waals surface area contributed by atoms with Crippen molar-refractivity contribution in [3.8, 4) is 11.6 Å². The van der Waals surface area contributed by atoms with E-state index in [4.69, 9.17) is 4.74 Å². The Morgan fingerprint density at radius 2 is 1.88 bits per heavy atom. The second kappa shape index (κ2) is 9.94. The molecule has 2 aromatic rings. The van der Waals surface area contributed by atoms with E-state index >= 15 is 0 Å². The van der Waals surface area contributed by atoms with Crippen molar-refractivity contribution in [1.82, 2.24) is 4.57 Å². The van der Waals surface area contributed by atoms with E-state index in [1.807, 2.05) is 22.8 Å². The minimum absolute atomic E-state index is 0.0504. The number of carbonyl (C=O) groups is 1. The fourth-order valence-electron chi connectivity index (χ4n) is 2.96. The standard InChI is InChI=1S/C20H29N3O3/c1-4-6-8-10-18(24)21-22-19-16-14-15(26-3)11-12-17(16)23(20(19)25)13-9-7-5-2/h11-12,14,25H,4-10,13H2,1-3H3. The maximum atomic E-state index is 11.9. The molecule has 0 atom stereocenters. The van der Waals surface area contributed by atoms with E-state index in [0.29, 0.717) is 24.4 Å². The molecule has 1 amide bonds. The van der Waals surface area contributed by atoms with Gasteiger partial charge in [0.05, 0.1) is 12.6 Å². The van der Waals surface area contributed by atoms with Crippen LogP contribution in [0.5, 0.6) is 11.6 Å². The summed E-state index contributed by atoms with van der Waals surface area (Å²) in [6.07, 6.45) is 6.40. The molecule has 2 rings (SSSR count). The van der Waals surface area contributed by atoms with Gasteiger partial charge >= 0.3 is 0 Å². The Morgan fingerprint density at radius 1 is 1.15 bits per heavy atom. The van der Waals surface area contributed by atoms with Gasteiger partial charge in [-0.1, -0.05) is 39.5 Å². The van der Waals surface area contributed by atoms with Crippen LogP contribution in [0.15, 0.2) is 28.4 Å². The highest BCUT2D eigenvalue weighted by Gasteiger charge is 2.17. The van der Waals surface area contributed by atoms with Crippen molar-refractivity contribution in [2.45, 2.75) is 65.3 Å². The number of hydrogen-bond acceptors (Lipinski definition) is 4. The van der Waals surface area contributed by atoms with Crippen LogP contribution >= 0.6 is 0 Å². The van der Waals surface area contributed by atoms with Crippen molar-refractivity contribution in [3.63, 3.8) is 0 Å². The Kier molecular flexibility index (Phi) is 7.63. The fraction of sp³-hybridized carbons (Fsp3) is 0.550. The normalized spacial score (nSPS) is 11.5. The zero-order valence-corrected chi connectivity index (χ0v) is 16.0. The predicted octanol–water partition coefficient (Wildman–Crippen LogP) is 5.74. The number of hydrogen-bond donors (Lipinski definition) is 1. The van der Waals surface area contributed by atoms with E-state index in [2.05, 4.69) is 24.1 Å². The van der Waals surface area contributed by atoms with Gasteiger partial charge in [-0.25, -0.2) is 0 Å². The minimum atomic E-state index is -0.257. The van der Waals surface area contributed by atoms with Gasteiger partial charge in [0.2, 0.25) is 5.88 Å². The van der Waals surface area contributed by atoms with Gasteiger partial charge in [-0.3, -0.25) is 4.79 Å². The number of azo groups is 1. The zero-order valence-electron chi connectivity index (χ0n) is 16.0. The number of methoxy groups -OCH3 is 1. The Balaban J connectivity index is 2.33. The molecule has 6 nitrogen and oxygen atoms in total. The molecule has 0 radical (unpaired) electrons. The van der Waals surface area contributed by atoms with Crippen molar-refractivity contribution in [1.29, 1.82) is 0 Å². The number of aromatic hydroxyl groups is 1. The van der Waals surface area contributed by atoms with Crippen molar-refractivity contribution >= 4 is 22.5 Å². The number of aryl methyl sites for hydroxylation is 1. The van der Waals surface area contributed by atoms with E-state index < -0.39 is 0 Å². The molecular weight excluding hydrogens is 330 g/mol. The lowest BCUT2D eigenvalue weighted by Crippen LogP contribution is -1.97. The molecule has 0 fully saturated rings. The first-order valence-corrected chi connectivity index (χ1v) is 9.46. The van der Waals surface area contributed by atoms with Crippen LogP contribution in [-0.2, 0) is 11.3 Å². The molecule has 0 bridgehead atoms. The van der Waals surface area contributed by atoms with Crippen LogP contribution in [0, 0.1) is 0 Å². The van der Waals surface area contributed by atoms with Gasteiger partial charge in [0.25, 0.3) is 5.91 Å². The average molecular weight is 359 g/mol. The number of rotatable bonds is 10. The Bertz CT molecular complexity index is 765. The first kappa shape index (κ1) is 19.9. The van der Waals surface area contributed by atoms with Gasteiger partial charge in [-0.15, -0.1) is 10.2 Å². The van der Waals surface area contributed by atoms with Crippen LogP contribution in [0.25, 0.3) is 10.9 Å². The van der Waals surface area contributed by atoms with Gasteiger partial charge in [-0.05, 0) is 31.0 Å². The smallest absolute Gasteiger partial charge is 0.264 e. The molecular formula is C20H29N3O3. The first-order chi connectivity index (χ1) is 12.6. The van der Waals surface area contributed by atoms with Crippen LogP contribution < -0.4 is 4.74 Å². The summed E-state index contributed by atoms with van der Waals surface area (Å²) >= 11 is 0. The van der Waals surface area contributed by atoms with Crippen LogP contribution in [0.2, 0.25) is 0 Å². The summed E-state index contributed by atoms with van der Waals surface area (Å²) in [6, 6.07) is 5.58. The van der Waals surface area contributed by atoms with Crippen molar-refractivity contribution in [3.05, 3.63) is 18.2 Å². The molecule has 0 aliphatic rings. The second-order valence-electron chi connectivity index (χ2n) is 6.46. The molecule has 6 heteroatoms. The summed E-state index contributed by atoms with van der Waals surface area (Å²) in [6.45, 7) is 4.93. The molecule has 0 saturated heterocycles. The van der Waals surface area contributed by atoms with E-state index in [1.165, 1.54) is 0 Å². The zero-order chi connectivity index (χ0) is 18.9. The summed E-state index contributed by atoms with van der Waals surface area (Å²) in [5.41, 5.74) is 1.20. The molecule has 1 aromatic heterocycles. The highest BCUT2D eigenvalue weighted by Crippen LogP contribution is 2.40. The number of amides is 1. The van der Waals surface area contributed by atoms with Gasteiger partial charge in [0.1, 0.15) is 5.75 Å². The number of benzene rings is 1. The number of aromatic nitrogens is 1. The lowest BCUT2D eigenvalue weighted by atomic mass is 10.2. The maximum absolute atomic E-state index is 11.9. The average Bonchev–Trinajstić information content (AvgIpc) is 2.91. The molecule has 1 heterocycles. The van der Waals surface area contributed by atoms with Crippen molar-refractivity contribution < 1.29 is 14.6 Å². The third kappa shape index (κ3) is 4.84. The van der Waals surface area contributed by atoms with Gasteiger partial charge < -0.3 is 14.4 Å². The SMILES string of the molecule is CCCCCC(=O)N=Nc1c(O)n(CCCCC)c2ccc(OC)cc12. The lowest BCUT2D eigenvalue weighted by Gasteiger charge is -2.06. The van der Waals surface area contributed by atoms with E-state index in [-0.39, 0.29) is 11.8 Å². The molecule has 0 unspecified atom stereocenters. The quantitative estimate of drug-likeness (QED) is 0.434. The van der Waals surface area contributed by atoms with Crippen LogP contribution in [-0.4, -0.2) is 22.7 Å². The van der Waals surface area contributed by atoms with Gasteiger partial charge in [0.15, 0.2) is 5.69 Å². The first-order valence-electron chi connectivity index (χ1n) is 9.46. The number of unbranched alkanes of at least 4 members (excludes halogenated alkanes) is 4. The van der Waals surface area contributed by atoms with Crippen molar-refractivity contribution in [2.24, 2.45) is 10.2 Å². The Morgan fingerprint density at radius 3 is 2.58 bits per heavy atom. The molecule has 0 aliphatic heterocycles. The highest BCUT2D eigenvalue weighted by molar-refractivity contribution is 5.96. The topological polar surface area (TPSA) is 76.2 Å². The van der Waals surface area contributed by atoms with Gasteiger partial charge in [0, 0.05) is 18.4 Å². The second-order valence-corrected chi connectivity index (χ2v) is 6.46. The number of carbonyl (C=O) groups excluding carboxylic acids is 1. The largest absolute Gasteiger partial charge is 0.497 e. The molecule has 0 spiro atoms. The fourth-order valence-corrected chi connectivity index (χ4v) is 2.96.